The third-order valence-electron chi connectivity index (χ3n) is 3.99. The Kier molecular flexibility index (Phi) is 4.87. The summed E-state index contributed by atoms with van der Waals surface area (Å²) in [5, 5.41) is 1.24. The van der Waals surface area contributed by atoms with E-state index in [1.807, 2.05) is 24.3 Å². The molecule has 5 heteroatoms. The van der Waals surface area contributed by atoms with E-state index in [0.717, 1.165) is 44.0 Å². The van der Waals surface area contributed by atoms with E-state index in [-0.39, 0.29) is 5.82 Å². The lowest BCUT2D eigenvalue weighted by Crippen LogP contribution is -2.46. The van der Waals surface area contributed by atoms with E-state index >= 15 is 0 Å². The van der Waals surface area contributed by atoms with Crippen LogP contribution in [0, 0.1) is 5.82 Å². The lowest BCUT2D eigenvalue weighted by molar-refractivity contribution is 0.250. The number of hydrogen-bond acceptors (Lipinski definition) is 2. The maximum atomic E-state index is 13.0. The van der Waals surface area contributed by atoms with Crippen molar-refractivity contribution in [3.05, 3.63) is 63.9 Å². The first-order chi connectivity index (χ1) is 10.6. The first kappa shape index (κ1) is 15.6. The number of nitrogens with zero attached hydrogens (tertiary/aromatic N) is 2. The summed E-state index contributed by atoms with van der Waals surface area (Å²) in [5.74, 6) is -0.196. The Labute approximate surface area is 140 Å². The summed E-state index contributed by atoms with van der Waals surface area (Å²) in [6.45, 7) is 4.53. The van der Waals surface area contributed by atoms with E-state index in [1.165, 1.54) is 12.1 Å². The third kappa shape index (κ3) is 3.54. The Morgan fingerprint density at radius 1 is 0.909 bits per heavy atom. The van der Waals surface area contributed by atoms with Crippen LogP contribution in [0.3, 0.4) is 0 Å². The Hall–Kier alpha value is -1.29. The largest absolute Gasteiger partial charge is 0.369 e. The molecule has 0 N–H and O–H groups in total. The zero-order valence-electron chi connectivity index (χ0n) is 12.1. The van der Waals surface area contributed by atoms with Crippen molar-refractivity contribution < 1.29 is 4.39 Å². The maximum absolute atomic E-state index is 13.0. The van der Waals surface area contributed by atoms with Crippen LogP contribution in [0.25, 0.3) is 0 Å². The van der Waals surface area contributed by atoms with Gasteiger partial charge in [-0.15, -0.1) is 0 Å². The number of rotatable bonds is 3. The Morgan fingerprint density at radius 3 is 2.27 bits per heavy atom. The molecule has 1 saturated heterocycles. The van der Waals surface area contributed by atoms with Gasteiger partial charge in [-0.05, 0) is 35.9 Å². The van der Waals surface area contributed by atoms with Gasteiger partial charge < -0.3 is 4.90 Å². The van der Waals surface area contributed by atoms with E-state index < -0.39 is 0 Å². The van der Waals surface area contributed by atoms with Gasteiger partial charge in [0.15, 0.2) is 0 Å². The molecular formula is C17H17Cl2FN2. The molecule has 3 rings (SSSR count). The normalized spacial score (nSPS) is 16.0. The maximum Gasteiger partial charge on any atom is 0.123 e. The fraction of sp³-hybridized carbons (Fsp3) is 0.294. The highest BCUT2D eigenvalue weighted by Gasteiger charge is 2.18. The molecule has 0 aromatic heterocycles. The monoisotopic (exact) mass is 338 g/mol. The van der Waals surface area contributed by atoms with Gasteiger partial charge in [-0.2, -0.15) is 0 Å². The van der Waals surface area contributed by atoms with Crippen LogP contribution in [-0.4, -0.2) is 31.1 Å². The molecule has 0 atom stereocenters. The fourth-order valence-corrected chi connectivity index (χ4v) is 3.11. The van der Waals surface area contributed by atoms with Gasteiger partial charge in [-0.1, -0.05) is 35.3 Å². The molecule has 0 unspecified atom stereocenters. The number of anilines is 1. The molecule has 0 spiro atoms. The lowest BCUT2D eigenvalue weighted by atomic mass is 10.2. The van der Waals surface area contributed by atoms with Crippen LogP contribution in [0.1, 0.15) is 5.56 Å². The van der Waals surface area contributed by atoms with Crippen molar-refractivity contribution >= 4 is 28.9 Å². The van der Waals surface area contributed by atoms with Gasteiger partial charge in [0.1, 0.15) is 5.82 Å². The summed E-state index contributed by atoms with van der Waals surface area (Å²) >= 11 is 12.3. The minimum Gasteiger partial charge on any atom is -0.369 e. The molecule has 116 valence electrons. The van der Waals surface area contributed by atoms with E-state index in [1.54, 1.807) is 6.07 Å². The molecule has 2 nitrogen and oxygen atoms in total. The van der Waals surface area contributed by atoms with E-state index in [4.69, 9.17) is 23.2 Å². The van der Waals surface area contributed by atoms with Gasteiger partial charge in [0.05, 0.1) is 10.0 Å². The second kappa shape index (κ2) is 6.86. The topological polar surface area (TPSA) is 6.48 Å². The van der Waals surface area contributed by atoms with Crippen LogP contribution in [0.15, 0.2) is 42.5 Å². The molecule has 1 heterocycles. The molecule has 1 fully saturated rings. The molecule has 2 aromatic carbocycles. The highest BCUT2D eigenvalue weighted by atomic mass is 35.5. The van der Waals surface area contributed by atoms with Gasteiger partial charge >= 0.3 is 0 Å². The first-order valence-corrected chi connectivity index (χ1v) is 8.05. The van der Waals surface area contributed by atoms with Crippen molar-refractivity contribution in [1.29, 1.82) is 0 Å². The Bertz CT molecular complexity index is 638. The lowest BCUT2D eigenvalue weighted by Gasteiger charge is -2.36. The summed E-state index contributed by atoms with van der Waals surface area (Å²) in [6, 6.07) is 12.4. The van der Waals surface area contributed by atoms with Crippen molar-refractivity contribution in [2.24, 2.45) is 0 Å². The van der Waals surface area contributed by atoms with Gasteiger partial charge in [-0.3, -0.25) is 4.90 Å². The molecule has 0 saturated carbocycles. The molecular weight excluding hydrogens is 322 g/mol. The van der Waals surface area contributed by atoms with E-state index in [2.05, 4.69) is 9.80 Å². The van der Waals surface area contributed by atoms with Crippen molar-refractivity contribution in [2.75, 3.05) is 31.1 Å². The van der Waals surface area contributed by atoms with Crippen molar-refractivity contribution in [1.82, 2.24) is 4.90 Å². The predicted molar refractivity (Wildman–Crippen MR) is 90.4 cm³/mol. The molecule has 1 aliphatic rings. The second-order valence-electron chi connectivity index (χ2n) is 5.45. The minimum atomic E-state index is -0.196. The molecule has 2 aromatic rings. The highest BCUT2D eigenvalue weighted by Crippen LogP contribution is 2.27. The van der Waals surface area contributed by atoms with Crippen molar-refractivity contribution in [3.63, 3.8) is 0 Å². The molecule has 0 aliphatic carbocycles. The zero-order valence-corrected chi connectivity index (χ0v) is 13.6. The third-order valence-corrected chi connectivity index (χ3v) is 4.85. The second-order valence-corrected chi connectivity index (χ2v) is 6.24. The minimum absolute atomic E-state index is 0.196. The van der Waals surface area contributed by atoms with Crippen molar-refractivity contribution in [3.8, 4) is 0 Å². The Morgan fingerprint density at radius 2 is 1.59 bits per heavy atom. The van der Waals surface area contributed by atoms with Gasteiger partial charge in [0, 0.05) is 38.4 Å². The standard InChI is InChI=1S/C17H17Cl2FN2/c18-16-3-1-2-13(17(16)19)12-21-8-10-22(11-9-21)15-6-4-14(20)5-7-15/h1-7H,8-12H2. The molecule has 0 radical (unpaired) electrons. The quantitative estimate of drug-likeness (QED) is 0.815. The summed E-state index contributed by atoms with van der Waals surface area (Å²) in [7, 11) is 0. The summed E-state index contributed by atoms with van der Waals surface area (Å²) in [6.07, 6.45) is 0. The average Bonchev–Trinajstić information content (AvgIpc) is 2.53. The predicted octanol–water partition coefficient (Wildman–Crippen LogP) is 4.45. The van der Waals surface area contributed by atoms with Crippen LogP contribution >= 0.6 is 23.2 Å². The summed E-state index contributed by atoms with van der Waals surface area (Å²) < 4.78 is 13.0. The molecule has 22 heavy (non-hydrogen) atoms. The van der Waals surface area contributed by atoms with Crippen LogP contribution < -0.4 is 4.90 Å². The SMILES string of the molecule is Fc1ccc(N2CCN(Cc3cccc(Cl)c3Cl)CC2)cc1. The van der Waals surface area contributed by atoms with Gasteiger partial charge in [-0.25, -0.2) is 4.39 Å². The van der Waals surface area contributed by atoms with Crippen LogP contribution in [0.4, 0.5) is 10.1 Å². The van der Waals surface area contributed by atoms with Crippen LogP contribution in [0.2, 0.25) is 10.0 Å². The van der Waals surface area contributed by atoms with E-state index in [0.29, 0.717) is 10.0 Å². The van der Waals surface area contributed by atoms with Crippen molar-refractivity contribution in [2.45, 2.75) is 6.54 Å². The van der Waals surface area contributed by atoms with Gasteiger partial charge in [0.25, 0.3) is 0 Å². The van der Waals surface area contributed by atoms with Gasteiger partial charge in [0.2, 0.25) is 0 Å². The highest BCUT2D eigenvalue weighted by molar-refractivity contribution is 6.42. The Balaban J connectivity index is 1.60. The molecule has 0 amide bonds. The smallest absolute Gasteiger partial charge is 0.123 e. The molecule has 1 aliphatic heterocycles. The number of hydrogen-bond donors (Lipinski definition) is 0. The summed E-state index contributed by atoms with van der Waals surface area (Å²) in [4.78, 5) is 4.63. The first-order valence-electron chi connectivity index (χ1n) is 7.29. The average molecular weight is 339 g/mol. The van der Waals surface area contributed by atoms with Crippen LogP contribution in [-0.2, 0) is 6.54 Å². The zero-order chi connectivity index (χ0) is 15.5. The van der Waals surface area contributed by atoms with Crippen LogP contribution in [0.5, 0.6) is 0 Å². The fourth-order valence-electron chi connectivity index (χ4n) is 2.73. The number of halogens is 3. The van der Waals surface area contributed by atoms with E-state index in [9.17, 15) is 4.39 Å². The summed E-state index contributed by atoms with van der Waals surface area (Å²) in [5.41, 5.74) is 2.13. The number of benzene rings is 2. The molecule has 0 bridgehead atoms. The number of piperazine rings is 1.